The SMILES string of the molecule is Cc1c([C@@]23CC[C@]4(C)[C@H](CC[C@@H]5[C@@]6(C)CC[C@H](OC(=O)CC(C)(C)C(=O)O)C(C)(C)[C@@H]6CC[C@]54C)C2=C(C(C)C)C(=O)C3)n(C)n(-c2ccc(C#N)cc2)c1=O. The molecule has 1 N–H and O–H groups in total. The molecule has 0 spiro atoms. The Hall–Kier alpha value is -3.93. The molecule has 5 aliphatic rings. The third-order valence-electron chi connectivity index (χ3n) is 17.0. The van der Waals surface area contributed by atoms with Crippen molar-refractivity contribution in [3.05, 3.63) is 62.6 Å². The van der Waals surface area contributed by atoms with Crippen LogP contribution < -0.4 is 5.56 Å². The summed E-state index contributed by atoms with van der Waals surface area (Å²) in [7, 11) is 1.96. The molecule has 1 heterocycles. The molecule has 9 nitrogen and oxygen atoms in total. The van der Waals surface area contributed by atoms with Gasteiger partial charge in [-0.25, -0.2) is 4.68 Å². The molecule has 56 heavy (non-hydrogen) atoms. The number of nitrogens with zero attached hydrogens (tertiary/aromatic N) is 3. The molecular weight excluding hydrogens is 703 g/mol. The van der Waals surface area contributed by atoms with E-state index in [1.807, 2.05) is 30.8 Å². The number of carbonyl (C=O) groups is 3. The number of carboxylic acid groups (broad SMARTS) is 1. The highest BCUT2D eigenvalue weighted by Crippen LogP contribution is 2.77. The standard InChI is InChI=1S/C47H63N3O6/c1-27(2)37-32(51)24-47(39-28(3)40(53)50(49(39)11)30-14-12-29(26-48)13-15-30)23-22-45(9)31(38(37)47)16-17-34-44(8)20-19-35(56-36(52)25-42(4,5)41(54)55)43(6,7)33(44)18-21-46(34,45)10/h12-15,27,31,33-35H,16-25H2,1-11H3,(H,54,55)/t31-,33+,34-,35+,44+,45-,46-,47-/m1/s1. The Bertz CT molecular complexity index is 2130. The summed E-state index contributed by atoms with van der Waals surface area (Å²) in [5, 5.41) is 19.1. The van der Waals surface area contributed by atoms with Crippen LogP contribution in [0.2, 0.25) is 0 Å². The monoisotopic (exact) mass is 765 g/mol. The van der Waals surface area contributed by atoms with Gasteiger partial charge in [-0.2, -0.15) is 5.26 Å². The molecule has 0 radical (unpaired) electrons. The molecule has 0 bridgehead atoms. The maximum atomic E-state index is 14.4. The second kappa shape index (κ2) is 13.0. The number of fused-ring (bicyclic) bond motifs is 7. The van der Waals surface area contributed by atoms with Gasteiger partial charge in [-0.1, -0.05) is 48.5 Å². The molecule has 0 unspecified atom stereocenters. The summed E-state index contributed by atoms with van der Waals surface area (Å²) in [6.07, 6.45) is 7.59. The first-order valence-corrected chi connectivity index (χ1v) is 21.0. The van der Waals surface area contributed by atoms with E-state index in [1.54, 1.807) is 30.7 Å². The zero-order valence-corrected chi connectivity index (χ0v) is 35.6. The molecule has 2 aromatic rings. The predicted molar refractivity (Wildman–Crippen MR) is 215 cm³/mol. The maximum absolute atomic E-state index is 14.4. The Morgan fingerprint density at radius 1 is 0.946 bits per heavy atom. The van der Waals surface area contributed by atoms with Crippen molar-refractivity contribution >= 4 is 17.7 Å². The van der Waals surface area contributed by atoms with E-state index >= 15 is 0 Å². The van der Waals surface area contributed by atoms with Gasteiger partial charge in [0.05, 0.1) is 34.8 Å². The van der Waals surface area contributed by atoms with Crippen LogP contribution in [0.4, 0.5) is 0 Å². The van der Waals surface area contributed by atoms with Crippen LogP contribution in [0.15, 0.2) is 40.2 Å². The van der Waals surface area contributed by atoms with Crippen molar-refractivity contribution in [2.24, 2.45) is 57.8 Å². The highest BCUT2D eigenvalue weighted by atomic mass is 16.5. The first kappa shape index (κ1) is 40.3. The average Bonchev–Trinajstić information content (AvgIpc) is 3.54. The molecule has 1 aromatic carbocycles. The number of allylic oxidation sites excluding steroid dienone is 2. The Morgan fingerprint density at radius 2 is 1.61 bits per heavy atom. The first-order valence-electron chi connectivity index (χ1n) is 21.0. The van der Waals surface area contributed by atoms with Crippen molar-refractivity contribution in [2.45, 2.75) is 145 Å². The fraction of sp³-hybridized carbons (Fsp3) is 0.681. The van der Waals surface area contributed by atoms with Gasteiger partial charge in [-0.3, -0.25) is 23.9 Å². The molecule has 7 rings (SSSR count). The van der Waals surface area contributed by atoms with E-state index in [2.05, 4.69) is 54.5 Å². The number of hydrogen-bond donors (Lipinski definition) is 1. The molecule has 4 saturated carbocycles. The van der Waals surface area contributed by atoms with Gasteiger partial charge in [-0.15, -0.1) is 0 Å². The summed E-state index contributed by atoms with van der Waals surface area (Å²) in [6.45, 7) is 21.5. The molecule has 9 heteroatoms. The van der Waals surface area contributed by atoms with E-state index in [1.165, 1.54) is 5.57 Å². The normalized spacial score (nSPS) is 34.9. The van der Waals surface area contributed by atoms with E-state index in [0.717, 1.165) is 62.6 Å². The van der Waals surface area contributed by atoms with E-state index in [4.69, 9.17) is 4.74 Å². The first-order chi connectivity index (χ1) is 26.0. The fourth-order valence-corrected chi connectivity index (χ4v) is 14.1. The minimum Gasteiger partial charge on any atom is -0.481 e. The molecule has 302 valence electrons. The van der Waals surface area contributed by atoms with Crippen molar-refractivity contribution in [3.63, 3.8) is 0 Å². The largest absolute Gasteiger partial charge is 0.481 e. The lowest BCUT2D eigenvalue weighted by molar-refractivity contribution is -0.232. The van der Waals surface area contributed by atoms with Crippen LogP contribution in [0.3, 0.4) is 0 Å². The molecule has 0 amide bonds. The maximum Gasteiger partial charge on any atom is 0.309 e. The van der Waals surface area contributed by atoms with Gasteiger partial charge in [0.2, 0.25) is 0 Å². The lowest BCUT2D eigenvalue weighted by Gasteiger charge is -2.72. The van der Waals surface area contributed by atoms with Crippen molar-refractivity contribution in [1.82, 2.24) is 9.36 Å². The number of hydrogen-bond acceptors (Lipinski definition) is 6. The summed E-state index contributed by atoms with van der Waals surface area (Å²) >= 11 is 0. The predicted octanol–water partition coefficient (Wildman–Crippen LogP) is 9.00. The Balaban J connectivity index is 1.26. The fourth-order valence-electron chi connectivity index (χ4n) is 14.1. The molecule has 8 atom stereocenters. The number of ether oxygens (including phenoxy) is 1. The van der Waals surface area contributed by atoms with Gasteiger partial charge in [0.15, 0.2) is 5.78 Å². The van der Waals surface area contributed by atoms with Crippen LogP contribution in [0.5, 0.6) is 0 Å². The van der Waals surface area contributed by atoms with Crippen LogP contribution in [-0.2, 0) is 31.6 Å². The molecular formula is C47H63N3O6. The van der Waals surface area contributed by atoms with Crippen LogP contribution in [0.25, 0.3) is 5.69 Å². The summed E-state index contributed by atoms with van der Waals surface area (Å²) in [6, 6.07) is 9.31. The topological polar surface area (TPSA) is 131 Å². The van der Waals surface area contributed by atoms with Gasteiger partial charge in [0.25, 0.3) is 5.56 Å². The van der Waals surface area contributed by atoms with Crippen molar-refractivity contribution in [3.8, 4) is 11.8 Å². The number of ketones is 1. The van der Waals surface area contributed by atoms with Gasteiger partial charge in [0, 0.05) is 29.9 Å². The summed E-state index contributed by atoms with van der Waals surface area (Å²) in [5.74, 6) is -0.143. The number of carboxylic acids is 1. The van der Waals surface area contributed by atoms with Crippen LogP contribution >= 0.6 is 0 Å². The average molecular weight is 766 g/mol. The van der Waals surface area contributed by atoms with Crippen LogP contribution in [0, 0.1) is 69.0 Å². The summed E-state index contributed by atoms with van der Waals surface area (Å²) in [4.78, 5) is 53.6. The molecule has 0 aliphatic heterocycles. The Kier molecular flexibility index (Phi) is 9.38. The number of benzene rings is 1. The van der Waals surface area contributed by atoms with Gasteiger partial charge in [-0.05, 0) is 147 Å². The minimum absolute atomic E-state index is 0.00844. The smallest absolute Gasteiger partial charge is 0.309 e. The van der Waals surface area contributed by atoms with Gasteiger partial charge < -0.3 is 9.84 Å². The summed E-state index contributed by atoms with van der Waals surface area (Å²) < 4.78 is 9.91. The number of esters is 1. The van der Waals surface area contributed by atoms with Crippen LogP contribution in [0.1, 0.15) is 143 Å². The van der Waals surface area contributed by atoms with E-state index in [9.17, 15) is 29.5 Å². The second-order valence-electron chi connectivity index (χ2n) is 20.8. The zero-order valence-electron chi connectivity index (χ0n) is 35.6. The number of rotatable bonds is 7. The number of carbonyl (C=O) groups excluding carboxylic acids is 2. The highest BCUT2D eigenvalue weighted by molar-refractivity contribution is 6.02. The lowest BCUT2D eigenvalue weighted by atomic mass is 9.33. The number of Topliss-reactive ketones (excluding diaryl/α,β-unsaturated/α-hetero) is 1. The second-order valence-corrected chi connectivity index (χ2v) is 20.8. The van der Waals surface area contributed by atoms with E-state index in [-0.39, 0.29) is 57.4 Å². The Labute approximate surface area is 332 Å². The van der Waals surface area contributed by atoms with Gasteiger partial charge in [0.1, 0.15) is 6.10 Å². The Morgan fingerprint density at radius 3 is 2.21 bits per heavy atom. The quantitative estimate of drug-likeness (QED) is 0.279. The van der Waals surface area contributed by atoms with E-state index in [0.29, 0.717) is 35.1 Å². The van der Waals surface area contributed by atoms with Crippen LogP contribution in [-0.4, -0.2) is 38.3 Å². The highest BCUT2D eigenvalue weighted by Gasteiger charge is 2.70. The minimum atomic E-state index is -1.18. The molecule has 1 aromatic heterocycles. The number of nitriles is 1. The molecule has 0 saturated heterocycles. The van der Waals surface area contributed by atoms with Crippen molar-refractivity contribution in [1.29, 1.82) is 5.26 Å². The third kappa shape index (κ3) is 5.43. The van der Waals surface area contributed by atoms with Crippen molar-refractivity contribution in [2.75, 3.05) is 0 Å². The molecule has 5 aliphatic carbocycles. The summed E-state index contributed by atoms with van der Waals surface area (Å²) in [5.41, 5.74) is 3.05. The third-order valence-corrected chi connectivity index (χ3v) is 17.0. The van der Waals surface area contributed by atoms with Gasteiger partial charge >= 0.3 is 11.9 Å². The number of aliphatic carboxylic acids is 1. The van der Waals surface area contributed by atoms with Crippen molar-refractivity contribution < 1.29 is 24.2 Å². The number of aromatic nitrogens is 2. The van der Waals surface area contributed by atoms with E-state index < -0.39 is 22.8 Å². The lowest BCUT2D eigenvalue weighted by Crippen LogP contribution is -2.66. The zero-order chi connectivity index (χ0) is 41.1. The molecule has 4 fully saturated rings.